The maximum Gasteiger partial charge on any atom is 0.209 e. The molecule has 4 nitrogen and oxygen atoms in total. The molecule has 0 saturated heterocycles. The Kier molecular flexibility index (Phi) is 3.82. The van der Waals surface area contributed by atoms with Crippen LogP contribution in [0.4, 0.5) is 5.69 Å². The predicted molar refractivity (Wildman–Crippen MR) is 85.0 cm³/mol. The Hall–Kier alpha value is -2.04. The average Bonchev–Trinajstić information content (AvgIpc) is 2.85. The Morgan fingerprint density at radius 2 is 1.95 bits per heavy atom. The maximum atomic E-state index is 6.17. The lowest BCUT2D eigenvalue weighted by atomic mass is 10.2. The minimum atomic E-state index is 0.597. The van der Waals surface area contributed by atoms with Crippen molar-refractivity contribution in [2.24, 2.45) is 0 Å². The molecule has 0 aliphatic carbocycles. The van der Waals surface area contributed by atoms with Crippen LogP contribution in [0, 0.1) is 0 Å². The molecular weight excluding hydrogens is 286 g/mol. The molecule has 0 atom stereocenters. The summed E-state index contributed by atoms with van der Waals surface area (Å²) in [7, 11) is 2.00. The van der Waals surface area contributed by atoms with Crippen molar-refractivity contribution in [2.45, 2.75) is 13.1 Å². The first-order chi connectivity index (χ1) is 10.1. The monoisotopic (exact) mass is 301 g/mol. The fourth-order valence-electron chi connectivity index (χ4n) is 2.29. The number of benzene rings is 2. The minimum Gasteiger partial charge on any atom is -0.439 e. The molecule has 0 fully saturated rings. The number of hydrogen-bond donors (Lipinski definition) is 1. The SMILES string of the molecule is CN(Cc1nc2c(N)cccc2o1)Cc1ccccc1Cl. The van der Waals surface area contributed by atoms with Gasteiger partial charge in [-0.2, -0.15) is 0 Å². The van der Waals surface area contributed by atoms with Gasteiger partial charge in [0.25, 0.3) is 0 Å². The van der Waals surface area contributed by atoms with Crippen LogP contribution < -0.4 is 5.73 Å². The summed E-state index contributed by atoms with van der Waals surface area (Å²) < 4.78 is 5.72. The third-order valence-corrected chi connectivity index (χ3v) is 3.67. The van der Waals surface area contributed by atoms with E-state index in [1.54, 1.807) is 0 Å². The second kappa shape index (κ2) is 5.76. The first kappa shape index (κ1) is 13.9. The second-order valence-electron chi connectivity index (χ2n) is 5.07. The highest BCUT2D eigenvalue weighted by Gasteiger charge is 2.11. The second-order valence-corrected chi connectivity index (χ2v) is 5.47. The fourth-order valence-corrected chi connectivity index (χ4v) is 2.48. The largest absolute Gasteiger partial charge is 0.439 e. The normalized spacial score (nSPS) is 11.4. The zero-order valence-corrected chi connectivity index (χ0v) is 12.5. The van der Waals surface area contributed by atoms with Crippen molar-refractivity contribution in [2.75, 3.05) is 12.8 Å². The van der Waals surface area contributed by atoms with Gasteiger partial charge in [-0.25, -0.2) is 4.98 Å². The third-order valence-electron chi connectivity index (χ3n) is 3.30. The summed E-state index contributed by atoms with van der Waals surface area (Å²) in [4.78, 5) is 6.55. The molecule has 0 amide bonds. The smallest absolute Gasteiger partial charge is 0.209 e. The number of halogens is 1. The lowest BCUT2D eigenvalue weighted by Crippen LogP contribution is -2.17. The molecule has 3 aromatic rings. The van der Waals surface area contributed by atoms with Crippen LogP contribution in [0.1, 0.15) is 11.5 Å². The molecule has 0 aliphatic rings. The van der Waals surface area contributed by atoms with E-state index in [4.69, 9.17) is 21.8 Å². The summed E-state index contributed by atoms with van der Waals surface area (Å²) in [6, 6.07) is 13.4. The van der Waals surface area contributed by atoms with Crippen molar-refractivity contribution in [3.63, 3.8) is 0 Å². The summed E-state index contributed by atoms with van der Waals surface area (Å²) in [6.45, 7) is 1.33. The minimum absolute atomic E-state index is 0.597. The van der Waals surface area contributed by atoms with Gasteiger partial charge in [0.1, 0.15) is 5.52 Å². The van der Waals surface area contributed by atoms with Gasteiger partial charge in [0, 0.05) is 11.6 Å². The standard InChI is InChI=1S/C16H16ClN3O/c1-20(9-11-5-2-3-6-12(11)17)10-15-19-16-13(18)7-4-8-14(16)21-15/h2-8H,9-10,18H2,1H3. The number of hydrogen-bond acceptors (Lipinski definition) is 4. The summed E-state index contributed by atoms with van der Waals surface area (Å²) >= 11 is 6.17. The molecule has 1 aromatic heterocycles. The van der Waals surface area contributed by atoms with Crippen molar-refractivity contribution in [3.05, 3.63) is 58.9 Å². The van der Waals surface area contributed by atoms with Crippen molar-refractivity contribution in [1.29, 1.82) is 0 Å². The Bertz CT molecular complexity index is 769. The van der Waals surface area contributed by atoms with Crippen molar-refractivity contribution >= 4 is 28.4 Å². The molecule has 0 aliphatic heterocycles. The number of rotatable bonds is 4. The van der Waals surface area contributed by atoms with Gasteiger partial charge in [-0.3, -0.25) is 4.90 Å². The predicted octanol–water partition coefficient (Wildman–Crippen LogP) is 3.70. The average molecular weight is 302 g/mol. The van der Waals surface area contributed by atoms with Crippen LogP contribution in [-0.4, -0.2) is 16.9 Å². The van der Waals surface area contributed by atoms with Crippen LogP contribution in [0.5, 0.6) is 0 Å². The first-order valence-corrected chi connectivity index (χ1v) is 7.07. The topological polar surface area (TPSA) is 55.3 Å². The molecule has 21 heavy (non-hydrogen) atoms. The lowest BCUT2D eigenvalue weighted by molar-refractivity contribution is 0.285. The molecule has 108 valence electrons. The molecule has 3 rings (SSSR count). The van der Waals surface area contributed by atoms with Crippen LogP contribution in [0.2, 0.25) is 5.02 Å². The van der Waals surface area contributed by atoms with E-state index in [1.165, 1.54) is 0 Å². The van der Waals surface area contributed by atoms with Gasteiger partial charge < -0.3 is 10.2 Å². The van der Waals surface area contributed by atoms with Gasteiger partial charge in [-0.1, -0.05) is 35.9 Å². The van der Waals surface area contributed by atoms with Crippen LogP contribution in [0.25, 0.3) is 11.1 Å². The lowest BCUT2D eigenvalue weighted by Gasteiger charge is -2.15. The molecule has 0 bridgehead atoms. The number of aromatic nitrogens is 1. The Morgan fingerprint density at radius 3 is 2.71 bits per heavy atom. The van der Waals surface area contributed by atoms with E-state index < -0.39 is 0 Å². The van der Waals surface area contributed by atoms with E-state index in [0.717, 1.165) is 28.2 Å². The van der Waals surface area contributed by atoms with Gasteiger partial charge in [0.15, 0.2) is 5.58 Å². The third kappa shape index (κ3) is 3.01. The molecule has 2 N–H and O–H groups in total. The fraction of sp³-hybridized carbons (Fsp3) is 0.188. The zero-order valence-electron chi connectivity index (χ0n) is 11.7. The van der Waals surface area contributed by atoms with Crippen molar-refractivity contribution in [1.82, 2.24) is 9.88 Å². The number of fused-ring (bicyclic) bond motifs is 1. The molecule has 2 aromatic carbocycles. The van der Waals surface area contributed by atoms with E-state index in [2.05, 4.69) is 9.88 Å². The molecular formula is C16H16ClN3O. The summed E-state index contributed by atoms with van der Waals surface area (Å²) in [5.74, 6) is 0.650. The molecule has 0 unspecified atom stereocenters. The number of anilines is 1. The summed E-state index contributed by atoms with van der Waals surface area (Å²) in [6.07, 6.45) is 0. The van der Waals surface area contributed by atoms with Gasteiger partial charge in [0.05, 0.1) is 12.2 Å². The van der Waals surface area contributed by atoms with E-state index in [1.807, 2.05) is 49.5 Å². The summed E-state index contributed by atoms with van der Waals surface area (Å²) in [5.41, 5.74) is 9.05. The molecule has 5 heteroatoms. The molecule has 0 saturated carbocycles. The van der Waals surface area contributed by atoms with Gasteiger partial charge in [-0.15, -0.1) is 0 Å². The summed E-state index contributed by atoms with van der Waals surface area (Å²) in [5, 5.41) is 0.770. The maximum absolute atomic E-state index is 6.17. The quantitative estimate of drug-likeness (QED) is 0.747. The van der Waals surface area contributed by atoms with E-state index >= 15 is 0 Å². The Morgan fingerprint density at radius 1 is 1.14 bits per heavy atom. The van der Waals surface area contributed by atoms with Crippen LogP contribution in [0.15, 0.2) is 46.9 Å². The Labute approximate surface area is 128 Å². The highest BCUT2D eigenvalue weighted by atomic mass is 35.5. The Balaban J connectivity index is 1.76. The number of nitrogen functional groups attached to an aromatic ring is 1. The number of para-hydroxylation sites is 1. The number of nitrogens with zero attached hydrogens (tertiary/aromatic N) is 2. The van der Waals surface area contributed by atoms with Crippen LogP contribution in [-0.2, 0) is 13.1 Å². The van der Waals surface area contributed by atoms with E-state index in [9.17, 15) is 0 Å². The molecule has 1 heterocycles. The first-order valence-electron chi connectivity index (χ1n) is 6.69. The highest BCUT2D eigenvalue weighted by Crippen LogP contribution is 2.22. The molecule has 0 spiro atoms. The van der Waals surface area contributed by atoms with Crippen molar-refractivity contribution < 1.29 is 4.42 Å². The van der Waals surface area contributed by atoms with E-state index in [0.29, 0.717) is 18.1 Å². The van der Waals surface area contributed by atoms with Crippen LogP contribution in [0.3, 0.4) is 0 Å². The van der Waals surface area contributed by atoms with Gasteiger partial charge >= 0.3 is 0 Å². The zero-order chi connectivity index (χ0) is 14.8. The highest BCUT2D eigenvalue weighted by molar-refractivity contribution is 6.31. The number of nitrogens with two attached hydrogens (primary N) is 1. The van der Waals surface area contributed by atoms with E-state index in [-0.39, 0.29) is 0 Å². The van der Waals surface area contributed by atoms with Gasteiger partial charge in [-0.05, 0) is 30.8 Å². The molecule has 0 radical (unpaired) electrons. The van der Waals surface area contributed by atoms with Crippen LogP contribution >= 0.6 is 11.6 Å². The van der Waals surface area contributed by atoms with Gasteiger partial charge in [0.2, 0.25) is 5.89 Å². The number of oxazole rings is 1. The van der Waals surface area contributed by atoms with Crippen molar-refractivity contribution in [3.8, 4) is 0 Å².